The lowest BCUT2D eigenvalue weighted by molar-refractivity contribution is 0.218. The molecule has 0 saturated carbocycles. The fraction of sp³-hybridized carbons (Fsp3) is 0.455. The molecule has 0 spiro atoms. The molecule has 148 valence electrons. The smallest absolute Gasteiger partial charge is 0.171 e. The summed E-state index contributed by atoms with van der Waals surface area (Å²) < 4.78 is 6.21. The summed E-state index contributed by atoms with van der Waals surface area (Å²) in [6, 6.07) is 6.01. The zero-order valence-electron chi connectivity index (χ0n) is 16.7. The van der Waals surface area contributed by atoms with E-state index < -0.39 is 0 Å². The first-order chi connectivity index (χ1) is 13.2. The molecule has 0 bridgehead atoms. The molecular formula is C22H25IN2O2S. The third kappa shape index (κ3) is 4.36. The molecule has 0 amide bonds. The lowest BCUT2D eigenvalue weighted by Gasteiger charge is -2.33. The van der Waals surface area contributed by atoms with Gasteiger partial charge in [0.05, 0.1) is 15.7 Å². The lowest BCUT2D eigenvalue weighted by Crippen LogP contribution is -2.26. The number of hydrogen-bond donors (Lipinski definition) is 1. The number of phenolic OH excluding ortho intramolecular Hbond substituents is 1. The molecule has 1 aromatic carbocycles. The number of aromatic hydroxyl groups is 1. The van der Waals surface area contributed by atoms with Crippen molar-refractivity contribution in [2.75, 3.05) is 6.61 Å². The Morgan fingerprint density at radius 3 is 2.82 bits per heavy atom. The molecule has 1 aliphatic carbocycles. The van der Waals surface area contributed by atoms with E-state index in [1.54, 1.807) is 23.6 Å². The highest BCUT2D eigenvalue weighted by atomic mass is 127. The highest BCUT2D eigenvalue weighted by molar-refractivity contribution is 14.1. The van der Waals surface area contributed by atoms with Crippen molar-refractivity contribution in [3.8, 4) is 17.6 Å². The number of fused-ring (bicyclic) bond motifs is 1. The Hall–Kier alpha value is -1.59. The summed E-state index contributed by atoms with van der Waals surface area (Å²) in [7, 11) is 0. The summed E-state index contributed by atoms with van der Waals surface area (Å²) in [5, 5.41) is 20.6. The minimum Gasteiger partial charge on any atom is -0.504 e. The van der Waals surface area contributed by atoms with Crippen LogP contribution in [-0.2, 0) is 12.8 Å². The van der Waals surface area contributed by atoms with Gasteiger partial charge in [0.15, 0.2) is 11.5 Å². The Bertz CT molecular complexity index is 951. The van der Waals surface area contributed by atoms with Gasteiger partial charge >= 0.3 is 0 Å². The molecule has 1 heterocycles. The van der Waals surface area contributed by atoms with Gasteiger partial charge in [0.2, 0.25) is 0 Å². The first-order valence-electron chi connectivity index (χ1n) is 9.48. The molecule has 2 aromatic rings. The number of halogens is 1. The maximum atomic E-state index is 10.1. The third-order valence-corrected chi connectivity index (χ3v) is 7.25. The molecule has 0 unspecified atom stereocenters. The van der Waals surface area contributed by atoms with Gasteiger partial charge in [-0.3, -0.25) is 0 Å². The van der Waals surface area contributed by atoms with Crippen molar-refractivity contribution in [3.63, 3.8) is 0 Å². The van der Waals surface area contributed by atoms with E-state index in [9.17, 15) is 10.4 Å². The second-order valence-electron chi connectivity index (χ2n) is 8.14. The normalized spacial score (nSPS) is 16.8. The van der Waals surface area contributed by atoms with Gasteiger partial charge in [0.25, 0.3) is 0 Å². The molecule has 1 N–H and O–H groups in total. The number of ether oxygens (including phenoxy) is 1. The number of benzene rings is 1. The zero-order chi connectivity index (χ0) is 20.5. The Balaban J connectivity index is 1.92. The van der Waals surface area contributed by atoms with Gasteiger partial charge in [-0.15, -0.1) is 11.3 Å². The summed E-state index contributed by atoms with van der Waals surface area (Å²) in [5.41, 5.74) is 3.03. The predicted octanol–water partition coefficient (Wildman–Crippen LogP) is 6.23. The van der Waals surface area contributed by atoms with Crippen molar-refractivity contribution in [1.82, 2.24) is 0 Å². The topological polar surface area (TPSA) is 65.6 Å². The van der Waals surface area contributed by atoms with Crippen LogP contribution in [0.4, 0.5) is 5.00 Å². The highest BCUT2D eigenvalue weighted by Gasteiger charge is 2.32. The van der Waals surface area contributed by atoms with Crippen LogP contribution < -0.4 is 4.74 Å². The van der Waals surface area contributed by atoms with Crippen LogP contribution in [0, 0.1) is 26.2 Å². The van der Waals surface area contributed by atoms with Crippen molar-refractivity contribution in [3.05, 3.63) is 37.3 Å². The Morgan fingerprint density at radius 2 is 2.18 bits per heavy atom. The van der Waals surface area contributed by atoms with Crippen LogP contribution in [0.5, 0.6) is 11.5 Å². The van der Waals surface area contributed by atoms with Crippen molar-refractivity contribution < 1.29 is 9.84 Å². The molecule has 0 aliphatic heterocycles. The van der Waals surface area contributed by atoms with E-state index >= 15 is 0 Å². The van der Waals surface area contributed by atoms with Crippen molar-refractivity contribution in [1.29, 1.82) is 5.26 Å². The lowest BCUT2D eigenvalue weighted by atomic mass is 9.72. The van der Waals surface area contributed by atoms with Crippen LogP contribution in [0.15, 0.2) is 17.1 Å². The SMILES string of the molecule is CCOc1cc(C=Nc2sc3c(c2C#N)CC[C@@H](C(C)(C)C)C3)cc(I)c1O. The molecule has 1 aliphatic rings. The largest absolute Gasteiger partial charge is 0.504 e. The molecule has 1 aromatic heterocycles. The summed E-state index contributed by atoms with van der Waals surface area (Å²) in [6.45, 7) is 9.25. The van der Waals surface area contributed by atoms with Crippen molar-refractivity contribution in [2.24, 2.45) is 16.3 Å². The number of nitriles is 1. The Kier molecular flexibility index (Phi) is 6.35. The van der Waals surface area contributed by atoms with Gasteiger partial charge in [-0.25, -0.2) is 4.99 Å². The van der Waals surface area contributed by atoms with Crippen LogP contribution in [-0.4, -0.2) is 17.9 Å². The van der Waals surface area contributed by atoms with E-state index in [4.69, 9.17) is 4.74 Å². The van der Waals surface area contributed by atoms with Crippen LogP contribution in [0.3, 0.4) is 0 Å². The molecule has 1 atom stereocenters. The second-order valence-corrected chi connectivity index (χ2v) is 10.4. The highest BCUT2D eigenvalue weighted by Crippen LogP contribution is 2.45. The van der Waals surface area contributed by atoms with Gasteiger partial charge in [-0.2, -0.15) is 5.26 Å². The monoisotopic (exact) mass is 508 g/mol. The summed E-state index contributed by atoms with van der Waals surface area (Å²) in [4.78, 5) is 5.95. The molecule has 0 fully saturated rings. The number of aliphatic imine (C=N–C) groups is 1. The van der Waals surface area contributed by atoms with E-state index in [-0.39, 0.29) is 11.2 Å². The Labute approximate surface area is 184 Å². The average molecular weight is 508 g/mol. The summed E-state index contributed by atoms with van der Waals surface area (Å²) in [6.07, 6.45) is 4.86. The predicted molar refractivity (Wildman–Crippen MR) is 123 cm³/mol. The van der Waals surface area contributed by atoms with E-state index in [0.29, 0.717) is 21.8 Å². The number of phenols is 1. The molecule has 4 nitrogen and oxygen atoms in total. The van der Waals surface area contributed by atoms with Crippen LogP contribution >= 0.6 is 33.9 Å². The van der Waals surface area contributed by atoms with Crippen LogP contribution in [0.2, 0.25) is 0 Å². The van der Waals surface area contributed by atoms with E-state index in [2.05, 4.69) is 54.4 Å². The van der Waals surface area contributed by atoms with Crippen molar-refractivity contribution in [2.45, 2.75) is 47.0 Å². The van der Waals surface area contributed by atoms with Crippen LogP contribution in [0.25, 0.3) is 0 Å². The fourth-order valence-electron chi connectivity index (χ4n) is 3.58. The standard InChI is InChI=1S/C22H25IN2O2S/c1-5-27-18-9-13(8-17(23)20(18)26)12-25-21-16(11-24)15-7-6-14(22(2,3)4)10-19(15)28-21/h8-9,12,14,26H,5-7,10H2,1-4H3/t14-/m1/s1. The first kappa shape index (κ1) is 21.1. The van der Waals surface area contributed by atoms with Gasteiger partial charge in [0.1, 0.15) is 11.1 Å². The minimum absolute atomic E-state index is 0.150. The molecule has 3 rings (SSSR count). The van der Waals surface area contributed by atoms with E-state index in [1.165, 1.54) is 10.4 Å². The van der Waals surface area contributed by atoms with Crippen molar-refractivity contribution >= 4 is 45.1 Å². The average Bonchev–Trinajstić information content (AvgIpc) is 3.00. The number of rotatable bonds is 4. The third-order valence-electron chi connectivity index (χ3n) is 5.26. The summed E-state index contributed by atoms with van der Waals surface area (Å²) in [5.74, 6) is 1.24. The first-order valence-corrected chi connectivity index (χ1v) is 11.4. The van der Waals surface area contributed by atoms with Gasteiger partial charge in [-0.1, -0.05) is 20.8 Å². The molecule has 28 heavy (non-hydrogen) atoms. The molecular weight excluding hydrogens is 483 g/mol. The second kappa shape index (κ2) is 8.42. The molecule has 6 heteroatoms. The Morgan fingerprint density at radius 1 is 1.43 bits per heavy atom. The number of nitrogens with zero attached hydrogens (tertiary/aromatic N) is 2. The van der Waals surface area contributed by atoms with E-state index in [0.717, 1.165) is 35.4 Å². The minimum atomic E-state index is 0.150. The van der Waals surface area contributed by atoms with E-state index in [1.807, 2.05) is 13.0 Å². The fourth-order valence-corrected chi connectivity index (χ4v) is 5.43. The van der Waals surface area contributed by atoms with Gasteiger partial charge in [-0.05, 0) is 83.4 Å². The number of hydrogen-bond acceptors (Lipinski definition) is 5. The number of thiophene rings is 1. The maximum Gasteiger partial charge on any atom is 0.171 e. The van der Waals surface area contributed by atoms with Gasteiger partial charge in [0, 0.05) is 11.1 Å². The van der Waals surface area contributed by atoms with Gasteiger partial charge < -0.3 is 9.84 Å². The zero-order valence-corrected chi connectivity index (χ0v) is 19.6. The quantitative estimate of drug-likeness (QED) is 0.393. The summed E-state index contributed by atoms with van der Waals surface area (Å²) >= 11 is 3.73. The van der Waals surface area contributed by atoms with Crippen LogP contribution in [0.1, 0.15) is 55.7 Å². The molecule has 0 radical (unpaired) electrons. The maximum absolute atomic E-state index is 10.1. The molecule has 0 saturated heterocycles.